The van der Waals surface area contributed by atoms with Crippen LogP contribution in [0.3, 0.4) is 0 Å². The Balaban J connectivity index is 2.01. The molecule has 0 saturated carbocycles. The lowest BCUT2D eigenvalue weighted by molar-refractivity contribution is -0.608. The highest BCUT2D eigenvalue weighted by atomic mass is 16.6. The van der Waals surface area contributed by atoms with E-state index in [0.717, 1.165) is 18.4 Å². The Labute approximate surface area is 147 Å². The Morgan fingerprint density at radius 3 is 2.48 bits per heavy atom. The average molecular weight is 342 g/mol. The third-order valence-corrected chi connectivity index (χ3v) is 3.78. The third-order valence-electron chi connectivity index (χ3n) is 3.78. The number of rotatable bonds is 7. The standard InChI is InChI=1S/C19H22N2O4/c1-3-9-16(15-10-5-4-6-11-15)20-18(22)14(2)25-19(23)17-12-7-8-13-21(17)24/h4-8,10-14,16H,3,9H2,1-2H3,(H,20,22)/t14-,16+/m0/s1. The number of nitrogens with zero attached hydrogens (tertiary/aromatic N) is 1. The Bertz CT molecular complexity index is 718. The van der Waals surface area contributed by atoms with Crippen LogP contribution in [0.1, 0.15) is 48.8 Å². The molecule has 2 aromatic rings. The lowest BCUT2D eigenvalue weighted by Gasteiger charge is -2.21. The summed E-state index contributed by atoms with van der Waals surface area (Å²) in [6.07, 6.45) is 1.87. The number of hydrogen-bond acceptors (Lipinski definition) is 4. The first-order chi connectivity index (χ1) is 12.0. The van der Waals surface area contributed by atoms with Gasteiger partial charge in [-0.1, -0.05) is 43.7 Å². The van der Waals surface area contributed by atoms with Crippen molar-refractivity contribution in [2.75, 3.05) is 0 Å². The molecule has 0 fully saturated rings. The molecular weight excluding hydrogens is 320 g/mol. The molecule has 0 aliphatic heterocycles. The van der Waals surface area contributed by atoms with Crippen LogP contribution in [0.4, 0.5) is 0 Å². The van der Waals surface area contributed by atoms with E-state index in [1.54, 1.807) is 6.07 Å². The molecule has 6 nitrogen and oxygen atoms in total. The van der Waals surface area contributed by atoms with Crippen molar-refractivity contribution >= 4 is 11.9 Å². The van der Waals surface area contributed by atoms with Gasteiger partial charge < -0.3 is 15.3 Å². The summed E-state index contributed by atoms with van der Waals surface area (Å²) in [7, 11) is 0. The minimum atomic E-state index is -1.00. The van der Waals surface area contributed by atoms with Crippen LogP contribution in [0.15, 0.2) is 54.7 Å². The number of carbonyl (C=O) groups is 2. The summed E-state index contributed by atoms with van der Waals surface area (Å²) >= 11 is 0. The fourth-order valence-corrected chi connectivity index (χ4v) is 2.45. The van der Waals surface area contributed by atoms with Crippen LogP contribution in [0.5, 0.6) is 0 Å². The van der Waals surface area contributed by atoms with Crippen molar-refractivity contribution in [3.63, 3.8) is 0 Å². The van der Waals surface area contributed by atoms with Crippen molar-refractivity contribution in [1.82, 2.24) is 5.32 Å². The molecule has 1 aromatic heterocycles. The lowest BCUT2D eigenvalue weighted by Crippen LogP contribution is -2.40. The van der Waals surface area contributed by atoms with Crippen molar-refractivity contribution in [3.8, 4) is 0 Å². The van der Waals surface area contributed by atoms with Crippen LogP contribution in [-0.2, 0) is 9.53 Å². The van der Waals surface area contributed by atoms with E-state index >= 15 is 0 Å². The summed E-state index contributed by atoms with van der Waals surface area (Å²) < 4.78 is 5.54. The van der Waals surface area contributed by atoms with E-state index in [1.165, 1.54) is 25.3 Å². The Morgan fingerprint density at radius 1 is 1.16 bits per heavy atom. The molecule has 0 bridgehead atoms. The molecule has 1 aromatic carbocycles. The van der Waals surface area contributed by atoms with E-state index in [9.17, 15) is 14.8 Å². The molecule has 0 unspecified atom stereocenters. The van der Waals surface area contributed by atoms with Crippen LogP contribution in [-0.4, -0.2) is 18.0 Å². The van der Waals surface area contributed by atoms with Gasteiger partial charge in [0, 0.05) is 12.1 Å². The normalized spacial score (nSPS) is 12.9. The summed E-state index contributed by atoms with van der Waals surface area (Å²) in [5.74, 6) is -1.23. The first-order valence-electron chi connectivity index (χ1n) is 8.27. The molecule has 0 spiro atoms. The molecular formula is C19H22N2O4. The fraction of sp³-hybridized carbons (Fsp3) is 0.316. The van der Waals surface area contributed by atoms with Crippen molar-refractivity contribution in [2.24, 2.45) is 0 Å². The van der Waals surface area contributed by atoms with Gasteiger partial charge >= 0.3 is 11.7 Å². The first-order valence-corrected chi connectivity index (χ1v) is 8.27. The Hall–Kier alpha value is -2.89. The zero-order valence-corrected chi connectivity index (χ0v) is 14.3. The maximum Gasteiger partial charge on any atom is 0.405 e. The Kier molecular flexibility index (Phi) is 6.51. The molecule has 0 saturated heterocycles. The van der Waals surface area contributed by atoms with Crippen LogP contribution in [0.25, 0.3) is 0 Å². The number of nitrogens with one attached hydrogen (secondary N) is 1. The van der Waals surface area contributed by atoms with Gasteiger partial charge in [-0.15, -0.1) is 0 Å². The van der Waals surface area contributed by atoms with Crippen molar-refractivity contribution in [3.05, 3.63) is 71.2 Å². The maximum atomic E-state index is 12.4. The second kappa shape index (κ2) is 8.82. The monoisotopic (exact) mass is 342 g/mol. The molecule has 0 aliphatic rings. The predicted molar refractivity (Wildman–Crippen MR) is 92.5 cm³/mol. The molecule has 1 N–H and O–H groups in total. The smallest absolute Gasteiger partial charge is 0.405 e. The number of pyridine rings is 1. The highest BCUT2D eigenvalue weighted by Gasteiger charge is 2.25. The predicted octanol–water partition coefficient (Wildman–Crippen LogP) is 2.52. The van der Waals surface area contributed by atoms with E-state index in [4.69, 9.17) is 4.74 Å². The summed E-state index contributed by atoms with van der Waals surface area (Å²) in [5.41, 5.74) is 0.840. The molecule has 0 aliphatic carbocycles. The van der Waals surface area contributed by atoms with Gasteiger partial charge in [0.2, 0.25) is 0 Å². The van der Waals surface area contributed by atoms with E-state index in [0.29, 0.717) is 4.73 Å². The van der Waals surface area contributed by atoms with Crippen LogP contribution in [0, 0.1) is 5.21 Å². The molecule has 132 valence electrons. The van der Waals surface area contributed by atoms with Crippen molar-refractivity contribution in [2.45, 2.75) is 38.8 Å². The van der Waals surface area contributed by atoms with Gasteiger partial charge in [0.15, 0.2) is 12.3 Å². The van der Waals surface area contributed by atoms with E-state index in [2.05, 4.69) is 5.32 Å². The minimum Gasteiger partial charge on any atom is -0.618 e. The molecule has 6 heteroatoms. The average Bonchev–Trinajstić information content (AvgIpc) is 2.62. The quantitative estimate of drug-likeness (QED) is 0.476. The molecule has 2 atom stereocenters. The number of aromatic nitrogens is 1. The van der Waals surface area contributed by atoms with Gasteiger partial charge in [0.25, 0.3) is 5.91 Å². The molecule has 25 heavy (non-hydrogen) atoms. The number of esters is 1. The van der Waals surface area contributed by atoms with Gasteiger partial charge in [-0.25, -0.2) is 4.79 Å². The fourth-order valence-electron chi connectivity index (χ4n) is 2.45. The van der Waals surface area contributed by atoms with Gasteiger partial charge in [-0.3, -0.25) is 4.79 Å². The van der Waals surface area contributed by atoms with E-state index in [1.807, 2.05) is 37.3 Å². The summed E-state index contributed by atoms with van der Waals surface area (Å²) in [5, 5.41) is 14.5. The lowest BCUT2D eigenvalue weighted by atomic mass is 10.0. The summed E-state index contributed by atoms with van der Waals surface area (Å²) in [4.78, 5) is 24.4. The zero-order chi connectivity index (χ0) is 18.2. The second-order valence-corrected chi connectivity index (χ2v) is 5.72. The van der Waals surface area contributed by atoms with E-state index < -0.39 is 18.0 Å². The highest BCUT2D eigenvalue weighted by molar-refractivity contribution is 5.89. The van der Waals surface area contributed by atoms with Crippen molar-refractivity contribution in [1.29, 1.82) is 0 Å². The number of carbonyl (C=O) groups excluding carboxylic acids is 2. The minimum absolute atomic E-state index is 0.152. The van der Waals surface area contributed by atoms with Crippen LogP contribution >= 0.6 is 0 Å². The molecule has 0 radical (unpaired) electrons. The van der Waals surface area contributed by atoms with Crippen LogP contribution < -0.4 is 10.0 Å². The molecule has 1 amide bonds. The number of ether oxygens (including phenoxy) is 1. The second-order valence-electron chi connectivity index (χ2n) is 5.72. The van der Waals surface area contributed by atoms with Gasteiger partial charge in [-0.2, -0.15) is 4.73 Å². The number of amides is 1. The number of hydrogen-bond donors (Lipinski definition) is 1. The number of benzene rings is 1. The van der Waals surface area contributed by atoms with Gasteiger partial charge in [0.1, 0.15) is 0 Å². The highest BCUT2D eigenvalue weighted by Crippen LogP contribution is 2.18. The van der Waals surface area contributed by atoms with Crippen molar-refractivity contribution < 1.29 is 19.1 Å². The van der Waals surface area contributed by atoms with E-state index in [-0.39, 0.29) is 11.7 Å². The van der Waals surface area contributed by atoms with Gasteiger partial charge in [0.05, 0.1) is 6.04 Å². The summed E-state index contributed by atoms with van der Waals surface area (Å²) in [6.45, 7) is 3.52. The SMILES string of the molecule is CCC[C@@H](NC(=O)[C@H](C)OC(=O)c1cccc[n+]1[O-])c1ccccc1. The maximum absolute atomic E-state index is 12.4. The van der Waals surface area contributed by atoms with Gasteiger partial charge in [-0.05, 0) is 25.0 Å². The summed E-state index contributed by atoms with van der Waals surface area (Å²) in [6, 6.07) is 13.9. The largest absolute Gasteiger partial charge is 0.618 e. The topological polar surface area (TPSA) is 82.3 Å². The third kappa shape index (κ3) is 5.04. The first kappa shape index (κ1) is 18.4. The molecule has 1 heterocycles. The van der Waals surface area contributed by atoms with Crippen LogP contribution in [0.2, 0.25) is 0 Å². The Morgan fingerprint density at radius 2 is 1.84 bits per heavy atom. The molecule has 2 rings (SSSR count). The zero-order valence-electron chi connectivity index (χ0n) is 14.3.